The van der Waals surface area contributed by atoms with Crippen molar-refractivity contribution in [1.82, 2.24) is 5.32 Å². The first-order chi connectivity index (χ1) is 8.95. The molecule has 0 spiro atoms. The third kappa shape index (κ3) is 4.67. The lowest BCUT2D eigenvalue weighted by Gasteiger charge is -2.15. The van der Waals surface area contributed by atoms with Gasteiger partial charge >= 0.3 is 5.97 Å². The first-order valence-electron chi connectivity index (χ1n) is 6.25. The van der Waals surface area contributed by atoms with Crippen LogP contribution in [-0.4, -0.2) is 23.0 Å². The highest BCUT2D eigenvalue weighted by molar-refractivity contribution is 9.10. The molecule has 19 heavy (non-hydrogen) atoms. The number of benzene rings is 1. The molecule has 0 unspecified atom stereocenters. The first-order valence-corrected chi connectivity index (χ1v) is 7.04. The summed E-state index contributed by atoms with van der Waals surface area (Å²) in [5, 5.41) is 11.7. The molecule has 1 aromatic rings. The second-order valence-corrected chi connectivity index (χ2v) is 5.34. The van der Waals surface area contributed by atoms with Crippen LogP contribution in [0.1, 0.15) is 42.1 Å². The van der Waals surface area contributed by atoms with Crippen LogP contribution in [0, 0.1) is 6.92 Å². The van der Waals surface area contributed by atoms with Crippen molar-refractivity contribution in [3.8, 4) is 0 Å². The van der Waals surface area contributed by atoms with Crippen LogP contribution >= 0.6 is 15.9 Å². The zero-order chi connectivity index (χ0) is 14.4. The van der Waals surface area contributed by atoms with Gasteiger partial charge in [0.25, 0.3) is 5.91 Å². The van der Waals surface area contributed by atoms with Crippen LogP contribution in [0.15, 0.2) is 22.7 Å². The lowest BCUT2D eigenvalue weighted by Crippen LogP contribution is -2.40. The van der Waals surface area contributed by atoms with Crippen LogP contribution in [0.4, 0.5) is 0 Å². The lowest BCUT2D eigenvalue weighted by atomic mass is 10.1. The quantitative estimate of drug-likeness (QED) is 0.843. The fourth-order valence-electron chi connectivity index (χ4n) is 1.71. The number of aliphatic carboxylic acids is 1. The highest BCUT2D eigenvalue weighted by atomic mass is 79.9. The van der Waals surface area contributed by atoms with Crippen LogP contribution < -0.4 is 5.32 Å². The normalized spacial score (nSPS) is 11.9. The Morgan fingerprint density at radius 3 is 2.68 bits per heavy atom. The van der Waals surface area contributed by atoms with Gasteiger partial charge in [-0.15, -0.1) is 0 Å². The summed E-state index contributed by atoms with van der Waals surface area (Å²) in [5.41, 5.74) is 1.41. The molecule has 0 heterocycles. The van der Waals surface area contributed by atoms with Crippen LogP contribution in [0.5, 0.6) is 0 Å². The smallest absolute Gasteiger partial charge is 0.326 e. The van der Waals surface area contributed by atoms with Gasteiger partial charge in [0, 0.05) is 4.47 Å². The van der Waals surface area contributed by atoms with Crippen molar-refractivity contribution < 1.29 is 14.7 Å². The predicted molar refractivity (Wildman–Crippen MR) is 77.3 cm³/mol. The van der Waals surface area contributed by atoms with E-state index >= 15 is 0 Å². The van der Waals surface area contributed by atoms with Gasteiger partial charge in [0.15, 0.2) is 0 Å². The molecule has 0 radical (unpaired) electrons. The summed E-state index contributed by atoms with van der Waals surface area (Å²) in [6.07, 6.45) is 2.11. The lowest BCUT2D eigenvalue weighted by molar-refractivity contribution is -0.139. The molecule has 0 aliphatic heterocycles. The number of amides is 1. The maximum absolute atomic E-state index is 12.1. The SMILES string of the molecule is CCCC[C@H](NC(=O)c1cc(C)ccc1Br)C(=O)O. The molecule has 0 aliphatic carbocycles. The molecule has 104 valence electrons. The number of carbonyl (C=O) groups is 2. The Morgan fingerprint density at radius 2 is 2.11 bits per heavy atom. The van der Waals surface area contributed by atoms with Crippen molar-refractivity contribution in [1.29, 1.82) is 0 Å². The Kier molecular flexibility index (Phi) is 6.02. The number of hydrogen-bond acceptors (Lipinski definition) is 2. The van der Waals surface area contributed by atoms with Crippen molar-refractivity contribution >= 4 is 27.8 Å². The van der Waals surface area contributed by atoms with E-state index in [-0.39, 0.29) is 5.91 Å². The van der Waals surface area contributed by atoms with E-state index in [4.69, 9.17) is 5.11 Å². The minimum absolute atomic E-state index is 0.362. The molecule has 4 nitrogen and oxygen atoms in total. The molecule has 0 aromatic heterocycles. The Morgan fingerprint density at radius 1 is 1.42 bits per heavy atom. The Bertz CT molecular complexity index is 474. The van der Waals surface area contributed by atoms with E-state index in [9.17, 15) is 9.59 Å². The van der Waals surface area contributed by atoms with Gasteiger partial charge < -0.3 is 10.4 Å². The monoisotopic (exact) mass is 327 g/mol. The number of carboxylic acids is 1. The van der Waals surface area contributed by atoms with Gasteiger partial charge in [0.2, 0.25) is 0 Å². The molecular weight excluding hydrogens is 310 g/mol. The number of carboxylic acid groups (broad SMARTS) is 1. The van der Waals surface area contributed by atoms with Gasteiger partial charge in [0.1, 0.15) is 6.04 Å². The second kappa shape index (κ2) is 7.28. The largest absolute Gasteiger partial charge is 0.480 e. The fourth-order valence-corrected chi connectivity index (χ4v) is 2.14. The topological polar surface area (TPSA) is 66.4 Å². The number of halogens is 1. The van der Waals surface area contributed by atoms with E-state index in [1.165, 1.54) is 0 Å². The number of aryl methyl sites for hydroxylation is 1. The number of unbranched alkanes of at least 4 members (excludes halogenated alkanes) is 1. The van der Waals surface area contributed by atoms with Gasteiger partial charge in [-0.3, -0.25) is 4.79 Å². The van der Waals surface area contributed by atoms with Crippen molar-refractivity contribution in [2.45, 2.75) is 39.2 Å². The Labute approximate surface area is 121 Å². The zero-order valence-corrected chi connectivity index (χ0v) is 12.7. The molecule has 2 N–H and O–H groups in total. The summed E-state index contributed by atoms with van der Waals surface area (Å²) in [5.74, 6) is -1.36. The third-order valence-electron chi connectivity index (χ3n) is 2.82. The molecule has 0 bridgehead atoms. The molecule has 5 heteroatoms. The van der Waals surface area contributed by atoms with Gasteiger partial charge in [-0.25, -0.2) is 4.79 Å². The molecule has 0 saturated heterocycles. The average Bonchev–Trinajstić information content (AvgIpc) is 2.36. The van der Waals surface area contributed by atoms with E-state index in [1.807, 2.05) is 19.9 Å². The van der Waals surface area contributed by atoms with E-state index < -0.39 is 12.0 Å². The highest BCUT2D eigenvalue weighted by Crippen LogP contribution is 2.18. The summed E-state index contributed by atoms with van der Waals surface area (Å²) in [6, 6.07) is 4.57. The van der Waals surface area contributed by atoms with Crippen LogP contribution in [0.25, 0.3) is 0 Å². The van der Waals surface area contributed by atoms with E-state index in [2.05, 4.69) is 21.2 Å². The summed E-state index contributed by atoms with van der Waals surface area (Å²) < 4.78 is 0.662. The molecule has 1 rings (SSSR count). The minimum atomic E-state index is -0.995. The van der Waals surface area contributed by atoms with Gasteiger partial charge in [-0.2, -0.15) is 0 Å². The average molecular weight is 328 g/mol. The van der Waals surface area contributed by atoms with Crippen LogP contribution in [0.2, 0.25) is 0 Å². The molecular formula is C14H18BrNO3. The molecule has 0 saturated carbocycles. The summed E-state index contributed by atoms with van der Waals surface area (Å²) >= 11 is 3.30. The molecule has 1 aromatic carbocycles. The standard InChI is InChI=1S/C14H18BrNO3/c1-3-4-5-12(14(18)19)16-13(17)10-8-9(2)6-7-11(10)15/h6-8,12H,3-5H2,1-2H3,(H,16,17)(H,18,19)/t12-/m0/s1. The van der Waals surface area contributed by atoms with Crippen molar-refractivity contribution in [3.63, 3.8) is 0 Å². The number of rotatable bonds is 6. The minimum Gasteiger partial charge on any atom is -0.480 e. The molecule has 0 fully saturated rings. The second-order valence-electron chi connectivity index (χ2n) is 4.49. The van der Waals surface area contributed by atoms with Crippen molar-refractivity contribution in [2.75, 3.05) is 0 Å². The first kappa shape index (κ1) is 15.7. The predicted octanol–water partition coefficient (Wildman–Crippen LogP) is 3.13. The Balaban J connectivity index is 2.81. The molecule has 1 amide bonds. The maximum Gasteiger partial charge on any atom is 0.326 e. The van der Waals surface area contributed by atoms with Gasteiger partial charge in [-0.05, 0) is 41.4 Å². The number of nitrogens with one attached hydrogen (secondary N) is 1. The van der Waals surface area contributed by atoms with E-state index in [1.54, 1.807) is 12.1 Å². The van der Waals surface area contributed by atoms with Crippen LogP contribution in [0.3, 0.4) is 0 Å². The van der Waals surface area contributed by atoms with Gasteiger partial charge in [-0.1, -0.05) is 31.4 Å². The van der Waals surface area contributed by atoms with Crippen molar-refractivity contribution in [3.05, 3.63) is 33.8 Å². The molecule has 1 atom stereocenters. The number of hydrogen-bond donors (Lipinski definition) is 2. The molecule has 0 aliphatic rings. The summed E-state index contributed by atoms with van der Waals surface area (Å²) in [7, 11) is 0. The summed E-state index contributed by atoms with van der Waals surface area (Å²) in [4.78, 5) is 23.2. The van der Waals surface area contributed by atoms with E-state index in [0.717, 1.165) is 18.4 Å². The number of carbonyl (C=O) groups excluding carboxylic acids is 1. The van der Waals surface area contributed by atoms with Crippen molar-refractivity contribution in [2.24, 2.45) is 0 Å². The highest BCUT2D eigenvalue weighted by Gasteiger charge is 2.21. The fraction of sp³-hybridized carbons (Fsp3) is 0.429. The van der Waals surface area contributed by atoms with Gasteiger partial charge in [0.05, 0.1) is 5.56 Å². The Hall–Kier alpha value is -1.36. The van der Waals surface area contributed by atoms with E-state index in [0.29, 0.717) is 16.5 Å². The van der Waals surface area contributed by atoms with Crippen LogP contribution in [-0.2, 0) is 4.79 Å². The third-order valence-corrected chi connectivity index (χ3v) is 3.51. The maximum atomic E-state index is 12.1. The summed E-state index contributed by atoms with van der Waals surface area (Å²) in [6.45, 7) is 3.87. The zero-order valence-electron chi connectivity index (χ0n) is 11.1.